The summed E-state index contributed by atoms with van der Waals surface area (Å²) < 4.78 is 49.2. The fraction of sp³-hybridized carbons (Fsp3) is 0.176. The van der Waals surface area contributed by atoms with E-state index in [-0.39, 0.29) is 36.3 Å². The lowest BCUT2D eigenvalue weighted by Crippen LogP contribution is -2.23. The Morgan fingerprint density at radius 1 is 1.08 bits per heavy atom. The molecule has 1 aliphatic heterocycles. The first-order valence-corrected chi connectivity index (χ1v) is 9.15. The summed E-state index contributed by atoms with van der Waals surface area (Å²) >= 11 is 0. The molecule has 3 rings (SSSR count). The number of carbonyl (C=O) groups is 1. The van der Waals surface area contributed by atoms with Crippen molar-refractivity contribution in [3.63, 3.8) is 0 Å². The summed E-state index contributed by atoms with van der Waals surface area (Å²) in [6.45, 7) is -0.241. The van der Waals surface area contributed by atoms with Gasteiger partial charge in [-0.05, 0) is 36.4 Å². The van der Waals surface area contributed by atoms with Crippen molar-refractivity contribution in [2.45, 2.75) is 4.90 Å². The van der Waals surface area contributed by atoms with Crippen molar-refractivity contribution in [2.75, 3.05) is 19.8 Å². The predicted molar refractivity (Wildman–Crippen MR) is 91.0 cm³/mol. The van der Waals surface area contributed by atoms with Crippen LogP contribution in [0.5, 0.6) is 5.75 Å². The van der Waals surface area contributed by atoms with E-state index in [2.05, 4.69) is 9.71 Å². The van der Waals surface area contributed by atoms with Gasteiger partial charge in [-0.2, -0.15) is 0 Å². The van der Waals surface area contributed by atoms with Crippen LogP contribution in [0.15, 0.2) is 58.4 Å². The van der Waals surface area contributed by atoms with Crippen LogP contribution in [-0.4, -0.2) is 40.0 Å². The van der Waals surface area contributed by atoms with E-state index in [4.69, 9.17) is 9.47 Å². The first kappa shape index (κ1) is 17.9. The fourth-order valence-corrected chi connectivity index (χ4v) is 3.54. The van der Waals surface area contributed by atoms with Gasteiger partial charge in [0.1, 0.15) is 37.2 Å². The molecule has 0 bridgehead atoms. The van der Waals surface area contributed by atoms with E-state index in [1.165, 1.54) is 30.3 Å². The zero-order valence-corrected chi connectivity index (χ0v) is 14.3. The average Bonchev–Trinajstić information content (AvgIpc) is 2.89. The molecule has 136 valence electrons. The second-order valence-corrected chi connectivity index (χ2v) is 6.94. The Balaban J connectivity index is 1.49. The number of amidine groups is 1. The van der Waals surface area contributed by atoms with Crippen LogP contribution in [0.25, 0.3) is 0 Å². The Kier molecular flexibility index (Phi) is 5.17. The number of carbonyl (C=O) groups excluding carboxylic acids is 1. The van der Waals surface area contributed by atoms with Gasteiger partial charge < -0.3 is 9.47 Å². The predicted octanol–water partition coefficient (Wildman–Crippen LogP) is 1.49. The normalized spacial score (nSPS) is 16.0. The number of hydrogen-bond donors (Lipinski definition) is 1. The van der Waals surface area contributed by atoms with E-state index in [1.807, 2.05) is 0 Å². The maximum atomic E-state index is 12.8. The van der Waals surface area contributed by atoms with Crippen LogP contribution >= 0.6 is 0 Å². The van der Waals surface area contributed by atoms with Gasteiger partial charge in [0.15, 0.2) is 0 Å². The van der Waals surface area contributed by atoms with E-state index in [0.29, 0.717) is 11.3 Å². The van der Waals surface area contributed by atoms with Gasteiger partial charge in [-0.1, -0.05) is 12.1 Å². The van der Waals surface area contributed by atoms with Crippen molar-refractivity contribution < 1.29 is 27.1 Å². The summed E-state index contributed by atoms with van der Waals surface area (Å²) in [5.41, 5.74) is 0.417. The van der Waals surface area contributed by atoms with Crippen LogP contribution in [0.3, 0.4) is 0 Å². The van der Waals surface area contributed by atoms with Crippen LogP contribution in [0.4, 0.5) is 4.39 Å². The van der Waals surface area contributed by atoms with Crippen LogP contribution in [0.1, 0.15) is 5.56 Å². The van der Waals surface area contributed by atoms with Crippen molar-refractivity contribution in [1.29, 1.82) is 0 Å². The topological polar surface area (TPSA) is 94.1 Å². The second-order valence-electron chi connectivity index (χ2n) is 5.29. The van der Waals surface area contributed by atoms with Crippen LogP contribution < -0.4 is 9.46 Å². The summed E-state index contributed by atoms with van der Waals surface area (Å²) in [4.78, 5) is 15.8. The molecule has 0 unspecified atom stereocenters. The molecule has 26 heavy (non-hydrogen) atoms. The molecule has 0 aliphatic carbocycles. The van der Waals surface area contributed by atoms with E-state index in [0.717, 1.165) is 0 Å². The van der Waals surface area contributed by atoms with Crippen molar-refractivity contribution in [3.05, 3.63) is 59.9 Å². The summed E-state index contributed by atoms with van der Waals surface area (Å²) in [5.74, 6) is -0.421. The third kappa shape index (κ3) is 4.17. The highest BCUT2D eigenvalue weighted by molar-refractivity contribution is 7.90. The minimum Gasteiger partial charge on any atom is -0.490 e. The number of halogens is 1. The summed E-state index contributed by atoms with van der Waals surface area (Å²) in [7, 11) is -3.64. The highest BCUT2D eigenvalue weighted by Gasteiger charge is 2.30. The number of ether oxygens (including phenoxy) is 2. The molecule has 1 aliphatic rings. The highest BCUT2D eigenvalue weighted by atomic mass is 32.2. The minimum atomic E-state index is -3.64. The van der Waals surface area contributed by atoms with Gasteiger partial charge in [0.25, 0.3) is 10.0 Å². The maximum Gasteiger partial charge on any atom is 0.327 e. The number of hydrogen-bond acceptors (Lipinski definition) is 6. The number of fused-ring (bicyclic) bond motifs is 1. The van der Waals surface area contributed by atoms with Crippen LogP contribution in [-0.2, 0) is 19.6 Å². The van der Waals surface area contributed by atoms with Crippen LogP contribution in [0, 0.1) is 5.82 Å². The fourth-order valence-electron chi connectivity index (χ4n) is 2.29. The minimum absolute atomic E-state index is 0.0105. The first-order valence-electron chi connectivity index (χ1n) is 7.66. The molecular weight excluding hydrogens is 363 g/mol. The van der Waals surface area contributed by atoms with Gasteiger partial charge >= 0.3 is 5.97 Å². The number of esters is 1. The number of rotatable bonds is 6. The SMILES string of the molecule is O=C(CN=C1NS(=O)(=O)c2ccccc21)OCCOc1ccc(F)cc1. The molecule has 2 aromatic rings. The number of nitrogens with one attached hydrogen (secondary N) is 1. The molecule has 1 heterocycles. The number of aliphatic imine (C=N–C) groups is 1. The molecule has 1 N–H and O–H groups in total. The maximum absolute atomic E-state index is 12.8. The van der Waals surface area contributed by atoms with Crippen molar-refractivity contribution >= 4 is 21.8 Å². The summed E-state index contributed by atoms with van der Waals surface area (Å²) in [6, 6.07) is 11.8. The average molecular weight is 378 g/mol. The monoisotopic (exact) mass is 378 g/mol. The summed E-state index contributed by atoms with van der Waals surface area (Å²) in [6.07, 6.45) is 0. The molecule has 0 saturated heterocycles. The van der Waals surface area contributed by atoms with Crippen molar-refractivity contribution in [3.8, 4) is 5.75 Å². The molecule has 0 fully saturated rings. The lowest BCUT2D eigenvalue weighted by molar-refractivity contribution is -0.142. The first-order chi connectivity index (χ1) is 12.5. The number of benzene rings is 2. The molecular formula is C17H15FN2O5S. The van der Waals surface area contributed by atoms with Gasteiger partial charge in [0, 0.05) is 5.56 Å². The molecule has 0 spiro atoms. The third-order valence-corrected chi connectivity index (χ3v) is 4.85. The Hall–Kier alpha value is -2.94. The van der Waals surface area contributed by atoms with Gasteiger partial charge in [-0.3, -0.25) is 14.5 Å². The third-order valence-electron chi connectivity index (χ3n) is 3.46. The Morgan fingerprint density at radius 2 is 1.81 bits per heavy atom. The van der Waals surface area contributed by atoms with E-state index in [9.17, 15) is 17.6 Å². The highest BCUT2D eigenvalue weighted by Crippen LogP contribution is 2.22. The zero-order chi connectivity index (χ0) is 18.6. The molecule has 0 saturated carbocycles. The summed E-state index contributed by atoms with van der Waals surface area (Å²) in [5, 5.41) is 0. The molecule has 0 aromatic heterocycles. The largest absolute Gasteiger partial charge is 0.490 e. The van der Waals surface area contributed by atoms with Crippen molar-refractivity contribution in [2.24, 2.45) is 4.99 Å². The van der Waals surface area contributed by atoms with Gasteiger partial charge in [0.05, 0.1) is 4.90 Å². The van der Waals surface area contributed by atoms with Crippen LogP contribution in [0.2, 0.25) is 0 Å². The number of sulfonamides is 1. The lowest BCUT2D eigenvalue weighted by Gasteiger charge is -2.06. The van der Waals surface area contributed by atoms with E-state index < -0.39 is 16.0 Å². The molecule has 7 nitrogen and oxygen atoms in total. The lowest BCUT2D eigenvalue weighted by atomic mass is 10.2. The smallest absolute Gasteiger partial charge is 0.327 e. The molecule has 2 aromatic carbocycles. The molecule has 0 amide bonds. The van der Waals surface area contributed by atoms with Gasteiger partial charge in [-0.25, -0.2) is 12.8 Å². The van der Waals surface area contributed by atoms with Gasteiger partial charge in [0.2, 0.25) is 0 Å². The van der Waals surface area contributed by atoms with Crippen molar-refractivity contribution in [1.82, 2.24) is 4.72 Å². The Bertz CT molecular complexity index is 942. The Morgan fingerprint density at radius 3 is 2.58 bits per heavy atom. The Labute approximate surface area is 149 Å². The quantitative estimate of drug-likeness (QED) is 0.607. The molecule has 0 radical (unpaired) electrons. The second kappa shape index (κ2) is 7.52. The molecule has 9 heteroatoms. The van der Waals surface area contributed by atoms with E-state index >= 15 is 0 Å². The van der Waals surface area contributed by atoms with E-state index in [1.54, 1.807) is 18.2 Å². The zero-order valence-electron chi connectivity index (χ0n) is 13.5. The number of nitrogens with zero attached hydrogens (tertiary/aromatic N) is 1. The molecule has 0 atom stereocenters. The standard InChI is InChI=1S/C17H15FN2O5S/c18-12-5-7-13(8-6-12)24-9-10-25-16(21)11-19-17-14-3-1-2-4-15(14)26(22,23)20-17/h1-8H,9-11H2,(H,19,20). The van der Waals surface area contributed by atoms with Gasteiger partial charge in [-0.15, -0.1) is 0 Å².